The Bertz CT molecular complexity index is 297. The van der Waals surface area contributed by atoms with Crippen LogP contribution < -0.4 is 5.32 Å². The molecular weight excluding hydrogens is 198 g/mol. The number of rotatable bonds is 3. The fraction of sp³-hybridized carbons (Fsp3) is 1.00. The average Bonchev–Trinajstić information content (AvgIpc) is 2.64. The average molecular weight is 223 g/mol. The van der Waals surface area contributed by atoms with E-state index in [0.29, 0.717) is 23.0 Å². The molecule has 1 aliphatic heterocycles. The topological polar surface area (TPSA) is 21.3 Å². The zero-order valence-electron chi connectivity index (χ0n) is 11.0. The molecule has 3 rings (SSSR count). The molecule has 2 saturated carbocycles. The summed E-state index contributed by atoms with van der Waals surface area (Å²) < 4.78 is 5.82. The second kappa shape index (κ2) is 3.23. The summed E-state index contributed by atoms with van der Waals surface area (Å²) in [5, 5.41) is 3.82. The Balaban J connectivity index is 1.55. The van der Waals surface area contributed by atoms with Crippen LogP contribution in [0.4, 0.5) is 0 Å². The third-order valence-electron chi connectivity index (χ3n) is 5.40. The van der Waals surface area contributed by atoms with Crippen molar-refractivity contribution in [3.05, 3.63) is 0 Å². The summed E-state index contributed by atoms with van der Waals surface area (Å²) in [6.07, 6.45) is 3.19. The quantitative estimate of drug-likeness (QED) is 0.793. The van der Waals surface area contributed by atoms with Gasteiger partial charge in [0.2, 0.25) is 0 Å². The fourth-order valence-corrected chi connectivity index (χ4v) is 3.93. The van der Waals surface area contributed by atoms with Gasteiger partial charge in [0.15, 0.2) is 0 Å². The van der Waals surface area contributed by atoms with Crippen LogP contribution >= 0.6 is 0 Å². The molecule has 92 valence electrons. The molecule has 2 nitrogen and oxygen atoms in total. The van der Waals surface area contributed by atoms with E-state index in [1.807, 2.05) is 0 Å². The van der Waals surface area contributed by atoms with Crippen molar-refractivity contribution in [3.8, 4) is 0 Å². The Labute approximate surface area is 99.1 Å². The molecule has 0 aromatic carbocycles. The summed E-state index contributed by atoms with van der Waals surface area (Å²) >= 11 is 0. The third-order valence-corrected chi connectivity index (χ3v) is 5.40. The van der Waals surface area contributed by atoms with Gasteiger partial charge in [-0.05, 0) is 30.7 Å². The van der Waals surface area contributed by atoms with Gasteiger partial charge in [0.25, 0.3) is 0 Å². The monoisotopic (exact) mass is 223 g/mol. The highest BCUT2D eigenvalue weighted by Crippen LogP contribution is 2.54. The Morgan fingerprint density at radius 2 is 1.94 bits per heavy atom. The van der Waals surface area contributed by atoms with Gasteiger partial charge in [0.05, 0.1) is 6.10 Å². The van der Waals surface area contributed by atoms with Crippen LogP contribution in [-0.2, 0) is 4.74 Å². The van der Waals surface area contributed by atoms with E-state index in [4.69, 9.17) is 4.74 Å². The lowest BCUT2D eigenvalue weighted by Gasteiger charge is -2.55. The number of hydrogen-bond acceptors (Lipinski definition) is 2. The molecule has 0 aromatic heterocycles. The fourth-order valence-electron chi connectivity index (χ4n) is 3.93. The van der Waals surface area contributed by atoms with E-state index in [-0.39, 0.29) is 0 Å². The van der Waals surface area contributed by atoms with E-state index in [2.05, 4.69) is 33.0 Å². The number of nitrogens with one attached hydrogen (secondary N) is 1. The zero-order chi connectivity index (χ0) is 11.6. The minimum Gasteiger partial charge on any atom is -0.377 e. The van der Waals surface area contributed by atoms with E-state index in [1.165, 1.54) is 19.4 Å². The van der Waals surface area contributed by atoms with Crippen LogP contribution in [0.15, 0.2) is 0 Å². The Kier molecular flexibility index (Phi) is 2.23. The molecule has 1 saturated heterocycles. The van der Waals surface area contributed by atoms with Crippen molar-refractivity contribution >= 4 is 0 Å². The smallest absolute Gasteiger partial charge is 0.0685 e. The molecule has 4 unspecified atom stereocenters. The van der Waals surface area contributed by atoms with E-state index in [9.17, 15) is 0 Å². The van der Waals surface area contributed by atoms with Gasteiger partial charge in [-0.1, -0.05) is 27.7 Å². The van der Waals surface area contributed by atoms with Gasteiger partial charge in [-0.25, -0.2) is 0 Å². The van der Waals surface area contributed by atoms with Crippen LogP contribution in [0.1, 0.15) is 40.5 Å². The lowest BCUT2D eigenvalue weighted by Crippen LogP contribution is -2.66. The van der Waals surface area contributed by atoms with Crippen LogP contribution in [-0.4, -0.2) is 25.3 Å². The molecule has 0 spiro atoms. The van der Waals surface area contributed by atoms with Gasteiger partial charge in [0, 0.05) is 24.0 Å². The van der Waals surface area contributed by atoms with Crippen molar-refractivity contribution in [1.29, 1.82) is 0 Å². The number of hydrogen-bond donors (Lipinski definition) is 1. The third kappa shape index (κ3) is 1.46. The maximum absolute atomic E-state index is 5.82. The van der Waals surface area contributed by atoms with Crippen LogP contribution in [0, 0.1) is 22.7 Å². The largest absolute Gasteiger partial charge is 0.377 e. The predicted molar refractivity (Wildman–Crippen MR) is 65.3 cm³/mol. The zero-order valence-corrected chi connectivity index (χ0v) is 11.0. The van der Waals surface area contributed by atoms with Gasteiger partial charge in [-0.15, -0.1) is 0 Å². The van der Waals surface area contributed by atoms with Crippen molar-refractivity contribution in [2.75, 3.05) is 13.2 Å². The van der Waals surface area contributed by atoms with Gasteiger partial charge < -0.3 is 10.1 Å². The molecule has 0 radical (unpaired) electrons. The molecule has 16 heavy (non-hydrogen) atoms. The van der Waals surface area contributed by atoms with E-state index in [0.717, 1.165) is 18.4 Å². The highest BCUT2D eigenvalue weighted by Gasteiger charge is 2.59. The second-order valence-corrected chi connectivity index (χ2v) is 7.34. The van der Waals surface area contributed by atoms with Crippen LogP contribution in [0.25, 0.3) is 0 Å². The van der Waals surface area contributed by atoms with Crippen LogP contribution in [0.2, 0.25) is 0 Å². The van der Waals surface area contributed by atoms with E-state index >= 15 is 0 Å². The van der Waals surface area contributed by atoms with Crippen molar-refractivity contribution in [2.45, 2.75) is 52.7 Å². The van der Waals surface area contributed by atoms with Gasteiger partial charge in [0.1, 0.15) is 0 Å². The number of ether oxygens (including phenoxy) is 1. The van der Waals surface area contributed by atoms with E-state index in [1.54, 1.807) is 0 Å². The number of fused-ring (bicyclic) bond motifs is 1. The van der Waals surface area contributed by atoms with Crippen molar-refractivity contribution < 1.29 is 4.74 Å². The van der Waals surface area contributed by atoms with Gasteiger partial charge >= 0.3 is 0 Å². The standard InChI is InChI=1S/C14H25NO/c1-13(2)7-9(13)8-15-11-10-5-6-16-12(10)14(11,3)4/h9-12,15H,5-8H2,1-4H3. The SMILES string of the molecule is CC1(C)CC1CNC1C2CCOC2C1(C)C. The first-order valence-electron chi connectivity index (χ1n) is 6.78. The lowest BCUT2D eigenvalue weighted by molar-refractivity contribution is -0.112. The van der Waals surface area contributed by atoms with Gasteiger partial charge in [-0.2, -0.15) is 0 Å². The Hall–Kier alpha value is -0.0800. The minimum absolute atomic E-state index is 0.347. The summed E-state index contributed by atoms with van der Waals surface area (Å²) in [6.45, 7) is 11.7. The molecule has 4 atom stereocenters. The molecule has 3 aliphatic rings. The second-order valence-electron chi connectivity index (χ2n) is 7.34. The van der Waals surface area contributed by atoms with Crippen molar-refractivity contribution in [1.82, 2.24) is 5.32 Å². The highest BCUT2D eigenvalue weighted by molar-refractivity contribution is 5.12. The molecule has 2 aliphatic carbocycles. The molecule has 0 bridgehead atoms. The van der Waals surface area contributed by atoms with E-state index < -0.39 is 0 Å². The van der Waals surface area contributed by atoms with Crippen LogP contribution in [0.5, 0.6) is 0 Å². The molecule has 0 aromatic rings. The first-order valence-corrected chi connectivity index (χ1v) is 6.78. The maximum Gasteiger partial charge on any atom is 0.0685 e. The predicted octanol–water partition coefficient (Wildman–Crippen LogP) is 2.44. The summed E-state index contributed by atoms with van der Waals surface area (Å²) in [6, 6.07) is 0.691. The molecular formula is C14H25NO. The first kappa shape index (κ1) is 11.0. The van der Waals surface area contributed by atoms with Crippen molar-refractivity contribution in [2.24, 2.45) is 22.7 Å². The summed E-state index contributed by atoms with van der Waals surface area (Å²) in [5.74, 6) is 1.70. The van der Waals surface area contributed by atoms with Crippen LogP contribution in [0.3, 0.4) is 0 Å². The molecule has 2 heteroatoms. The maximum atomic E-state index is 5.82. The Morgan fingerprint density at radius 1 is 1.25 bits per heavy atom. The molecule has 3 fully saturated rings. The summed E-state index contributed by atoms with van der Waals surface area (Å²) in [5.41, 5.74) is 0.951. The summed E-state index contributed by atoms with van der Waals surface area (Å²) in [4.78, 5) is 0. The molecule has 1 heterocycles. The first-order chi connectivity index (χ1) is 7.43. The molecule has 0 amide bonds. The molecule has 1 N–H and O–H groups in total. The lowest BCUT2D eigenvalue weighted by atomic mass is 9.57. The minimum atomic E-state index is 0.347. The Morgan fingerprint density at radius 3 is 2.56 bits per heavy atom. The van der Waals surface area contributed by atoms with Gasteiger partial charge in [-0.3, -0.25) is 0 Å². The summed E-state index contributed by atoms with van der Waals surface area (Å²) in [7, 11) is 0. The normalized spacial score (nSPS) is 47.2. The van der Waals surface area contributed by atoms with Crippen molar-refractivity contribution in [3.63, 3.8) is 0 Å². The highest BCUT2D eigenvalue weighted by atomic mass is 16.5.